The van der Waals surface area contributed by atoms with Gasteiger partial charge in [-0.2, -0.15) is 0 Å². The van der Waals surface area contributed by atoms with Crippen molar-refractivity contribution in [2.24, 2.45) is 0 Å². The Labute approximate surface area is 366 Å². The van der Waals surface area contributed by atoms with Crippen molar-refractivity contribution < 1.29 is 4.42 Å². The van der Waals surface area contributed by atoms with Crippen molar-refractivity contribution in [2.45, 2.75) is 0 Å². The smallest absolute Gasteiger partial charge is 0.136 e. The molecule has 0 radical (unpaired) electrons. The molecule has 12 aromatic rings. The largest absolute Gasteiger partial charge is 0.456 e. The molecule has 0 N–H and O–H groups in total. The van der Waals surface area contributed by atoms with Crippen LogP contribution in [-0.4, -0.2) is 4.57 Å². The van der Waals surface area contributed by atoms with Gasteiger partial charge >= 0.3 is 0 Å². The molecule has 0 bridgehead atoms. The second kappa shape index (κ2) is 15.3. The average molecular weight is 805 g/mol. The molecule has 0 atom stereocenters. The highest BCUT2D eigenvalue weighted by Crippen LogP contribution is 2.43. The molecule has 3 nitrogen and oxygen atoms in total. The molecule has 2 heterocycles. The number of nitrogens with zero attached hydrogens (tertiary/aromatic N) is 2. The van der Waals surface area contributed by atoms with Crippen LogP contribution in [0.3, 0.4) is 0 Å². The first-order chi connectivity index (χ1) is 31.2. The number of furan rings is 1. The second-order valence-electron chi connectivity index (χ2n) is 16.1. The van der Waals surface area contributed by atoms with Gasteiger partial charge < -0.3 is 13.9 Å². The molecule has 12 rings (SSSR count). The summed E-state index contributed by atoms with van der Waals surface area (Å²) in [6.45, 7) is 0. The fourth-order valence-electron chi connectivity index (χ4n) is 9.35. The molecule has 0 amide bonds. The van der Waals surface area contributed by atoms with Gasteiger partial charge in [-0.1, -0.05) is 170 Å². The summed E-state index contributed by atoms with van der Waals surface area (Å²) in [6, 6.07) is 87.1. The topological polar surface area (TPSA) is 21.3 Å². The first-order valence-corrected chi connectivity index (χ1v) is 21.5. The predicted molar refractivity (Wildman–Crippen MR) is 264 cm³/mol. The van der Waals surface area contributed by atoms with Crippen LogP contribution in [0.5, 0.6) is 0 Å². The van der Waals surface area contributed by atoms with Crippen LogP contribution >= 0.6 is 0 Å². The fraction of sp³-hybridized carbons (Fsp3) is 0. The van der Waals surface area contributed by atoms with Gasteiger partial charge in [0.1, 0.15) is 11.2 Å². The monoisotopic (exact) mass is 804 g/mol. The number of hydrogen-bond donors (Lipinski definition) is 0. The van der Waals surface area contributed by atoms with Crippen LogP contribution in [0, 0.1) is 0 Å². The molecule has 0 aliphatic carbocycles. The predicted octanol–water partition coefficient (Wildman–Crippen LogP) is 16.8. The minimum Gasteiger partial charge on any atom is -0.456 e. The van der Waals surface area contributed by atoms with Crippen molar-refractivity contribution in [3.63, 3.8) is 0 Å². The normalized spacial score (nSPS) is 11.5. The highest BCUT2D eigenvalue weighted by atomic mass is 16.3. The molecule has 0 saturated carbocycles. The molecule has 0 spiro atoms. The highest BCUT2D eigenvalue weighted by molar-refractivity contribution is 6.09. The van der Waals surface area contributed by atoms with Gasteiger partial charge in [-0.05, 0) is 112 Å². The van der Waals surface area contributed by atoms with Crippen LogP contribution in [0.15, 0.2) is 247 Å². The van der Waals surface area contributed by atoms with Crippen LogP contribution in [0.1, 0.15) is 0 Å². The summed E-state index contributed by atoms with van der Waals surface area (Å²) >= 11 is 0. The van der Waals surface area contributed by atoms with Gasteiger partial charge in [0.2, 0.25) is 0 Å². The lowest BCUT2D eigenvalue weighted by atomic mass is 9.98. The number of fused-ring (bicyclic) bond motifs is 6. The Morgan fingerprint density at radius 3 is 1.48 bits per heavy atom. The third kappa shape index (κ3) is 6.46. The molecule has 0 unspecified atom stereocenters. The van der Waals surface area contributed by atoms with E-state index in [4.69, 9.17) is 4.42 Å². The average Bonchev–Trinajstić information content (AvgIpc) is 3.91. The van der Waals surface area contributed by atoms with Gasteiger partial charge in [0.25, 0.3) is 0 Å². The van der Waals surface area contributed by atoms with E-state index < -0.39 is 0 Å². The molecule has 296 valence electrons. The maximum Gasteiger partial charge on any atom is 0.136 e. The van der Waals surface area contributed by atoms with E-state index in [1.807, 2.05) is 12.1 Å². The summed E-state index contributed by atoms with van der Waals surface area (Å²) < 4.78 is 8.65. The van der Waals surface area contributed by atoms with Crippen molar-refractivity contribution in [1.82, 2.24) is 4.57 Å². The SMILES string of the molecule is c1ccc(-c2ccc(-c3ccccc3N(c3ccc(-c4cccc(-n5c6ccccc6c6ccccc65)c4)cc3)c3ccc(-c4ccc5c(c4)oc4ccccc45)cc3)cc2)cc1. The van der Waals surface area contributed by atoms with Gasteiger partial charge in [-0.25, -0.2) is 0 Å². The Morgan fingerprint density at radius 2 is 0.778 bits per heavy atom. The van der Waals surface area contributed by atoms with Crippen LogP contribution in [0.2, 0.25) is 0 Å². The van der Waals surface area contributed by atoms with Gasteiger partial charge in [-0.15, -0.1) is 0 Å². The van der Waals surface area contributed by atoms with Crippen molar-refractivity contribution in [1.29, 1.82) is 0 Å². The first kappa shape index (κ1) is 36.5. The summed E-state index contributed by atoms with van der Waals surface area (Å²) in [5, 5.41) is 4.79. The third-order valence-electron chi connectivity index (χ3n) is 12.4. The van der Waals surface area contributed by atoms with Crippen molar-refractivity contribution >= 4 is 60.8 Å². The minimum absolute atomic E-state index is 0.896. The minimum atomic E-state index is 0.896. The molecule has 0 aliphatic rings. The summed E-state index contributed by atoms with van der Waals surface area (Å²) in [6.07, 6.45) is 0. The first-order valence-electron chi connectivity index (χ1n) is 21.5. The van der Waals surface area contributed by atoms with Crippen LogP contribution in [-0.2, 0) is 0 Å². The summed E-state index contributed by atoms with van der Waals surface area (Å²) in [7, 11) is 0. The zero-order valence-corrected chi connectivity index (χ0v) is 34.4. The van der Waals surface area contributed by atoms with Gasteiger partial charge in [0.15, 0.2) is 0 Å². The lowest BCUT2D eigenvalue weighted by Gasteiger charge is -2.28. The molecule has 63 heavy (non-hydrogen) atoms. The van der Waals surface area contributed by atoms with E-state index in [1.165, 1.54) is 32.9 Å². The van der Waals surface area contributed by atoms with Gasteiger partial charge in [0, 0.05) is 44.2 Å². The maximum absolute atomic E-state index is 6.27. The highest BCUT2D eigenvalue weighted by Gasteiger charge is 2.19. The van der Waals surface area contributed by atoms with E-state index >= 15 is 0 Å². The summed E-state index contributed by atoms with van der Waals surface area (Å²) in [4.78, 5) is 2.38. The van der Waals surface area contributed by atoms with Gasteiger partial charge in [0.05, 0.1) is 16.7 Å². The Morgan fingerprint density at radius 1 is 0.302 bits per heavy atom. The Bertz CT molecular complexity index is 3550. The Hall–Kier alpha value is -8.40. The second-order valence-corrected chi connectivity index (χ2v) is 16.1. The van der Waals surface area contributed by atoms with Crippen LogP contribution in [0.4, 0.5) is 17.1 Å². The molecule has 10 aromatic carbocycles. The van der Waals surface area contributed by atoms with Crippen LogP contribution < -0.4 is 4.90 Å². The standard InChI is InChI=1S/C60H40N2O/c1-2-13-41(14-3-1)42-25-27-45(28-26-42)51-17-4-8-21-56(51)61(49-36-31-44(32-37-49)47-33-38-55-54-20-7-11-24-59(54)63-60(55)40-47)48-34-29-43(30-35-48)46-15-12-16-50(39-46)62-57-22-9-5-18-52(57)53-19-6-10-23-58(53)62/h1-40H. The van der Waals surface area contributed by atoms with Crippen molar-refractivity contribution in [2.75, 3.05) is 4.90 Å². The molecule has 0 fully saturated rings. The summed E-state index contributed by atoms with van der Waals surface area (Å²) in [5.74, 6) is 0. The summed E-state index contributed by atoms with van der Waals surface area (Å²) in [5.41, 5.74) is 17.9. The Kier molecular flexibility index (Phi) is 8.83. The van der Waals surface area contributed by atoms with Gasteiger partial charge in [-0.3, -0.25) is 0 Å². The number of para-hydroxylation sites is 4. The van der Waals surface area contributed by atoms with Crippen molar-refractivity contribution in [3.8, 4) is 50.2 Å². The number of hydrogen-bond acceptors (Lipinski definition) is 2. The molecule has 0 saturated heterocycles. The van der Waals surface area contributed by atoms with E-state index in [9.17, 15) is 0 Å². The molecular weight excluding hydrogens is 765 g/mol. The van der Waals surface area contributed by atoms with Crippen LogP contribution in [0.25, 0.3) is 93.9 Å². The zero-order chi connectivity index (χ0) is 41.7. The number of rotatable bonds is 8. The Balaban J connectivity index is 0.939. The molecule has 0 aliphatic heterocycles. The molecule has 3 heteroatoms. The van der Waals surface area contributed by atoms with Crippen molar-refractivity contribution in [3.05, 3.63) is 243 Å². The lowest BCUT2D eigenvalue weighted by molar-refractivity contribution is 0.669. The number of benzene rings is 10. The number of aromatic nitrogens is 1. The lowest BCUT2D eigenvalue weighted by Crippen LogP contribution is -2.11. The maximum atomic E-state index is 6.27. The zero-order valence-electron chi connectivity index (χ0n) is 34.4. The quantitative estimate of drug-likeness (QED) is 0.153. The van der Waals surface area contributed by atoms with E-state index in [2.05, 4.69) is 240 Å². The van der Waals surface area contributed by atoms with E-state index in [0.29, 0.717) is 0 Å². The fourth-order valence-corrected chi connectivity index (χ4v) is 9.35. The molecular formula is C60H40N2O. The van der Waals surface area contributed by atoms with E-state index in [0.717, 1.165) is 78.1 Å². The third-order valence-corrected chi connectivity index (χ3v) is 12.4. The van der Waals surface area contributed by atoms with E-state index in [1.54, 1.807) is 0 Å². The number of anilines is 3. The van der Waals surface area contributed by atoms with E-state index in [-0.39, 0.29) is 0 Å². The molecule has 2 aromatic heterocycles.